The predicted molar refractivity (Wildman–Crippen MR) is 98.6 cm³/mol. The molecule has 0 radical (unpaired) electrons. The number of hydrogen-bond acceptors (Lipinski definition) is 3. The maximum absolute atomic E-state index is 14.2. The van der Waals surface area contributed by atoms with E-state index in [0.717, 1.165) is 5.69 Å². The maximum Gasteiger partial charge on any atom is 0.411 e. The highest BCUT2D eigenvalue weighted by molar-refractivity contribution is 6.30. The zero-order chi connectivity index (χ0) is 19.2. The first kappa shape index (κ1) is 18.7. The van der Waals surface area contributed by atoms with Gasteiger partial charge >= 0.3 is 6.09 Å². The number of aromatic nitrogens is 2. The Morgan fingerprint density at radius 3 is 2.62 bits per heavy atom. The number of nitrogens with zero attached hydrogens (tertiary/aromatic N) is 3. The van der Waals surface area contributed by atoms with Gasteiger partial charge in [0.1, 0.15) is 11.4 Å². The van der Waals surface area contributed by atoms with Crippen molar-refractivity contribution in [3.05, 3.63) is 40.8 Å². The number of carbonyl (C=O) groups excluding carboxylic acids is 1. The van der Waals surface area contributed by atoms with Gasteiger partial charge in [0.2, 0.25) is 0 Å². The van der Waals surface area contributed by atoms with Crippen molar-refractivity contribution in [3.8, 4) is 11.3 Å². The normalized spacial score (nSPS) is 20.0. The first-order chi connectivity index (χ1) is 12.1. The molecule has 0 N–H and O–H groups in total. The van der Waals surface area contributed by atoms with Crippen LogP contribution >= 0.6 is 11.6 Å². The molecule has 1 aromatic carbocycles. The molecule has 0 spiro atoms. The van der Waals surface area contributed by atoms with Crippen LogP contribution in [-0.4, -0.2) is 32.4 Å². The van der Waals surface area contributed by atoms with Crippen LogP contribution in [0.25, 0.3) is 11.3 Å². The lowest BCUT2D eigenvalue weighted by Crippen LogP contribution is -2.48. The largest absolute Gasteiger partial charge is 0.444 e. The van der Waals surface area contributed by atoms with Crippen molar-refractivity contribution < 1.29 is 13.9 Å². The fourth-order valence-electron chi connectivity index (χ4n) is 3.26. The Balaban J connectivity index is 1.94. The van der Waals surface area contributed by atoms with E-state index in [4.69, 9.17) is 16.3 Å². The van der Waals surface area contributed by atoms with Crippen LogP contribution in [-0.2, 0) is 11.3 Å². The molecule has 0 unspecified atom stereocenters. The first-order valence-electron chi connectivity index (χ1n) is 8.61. The van der Waals surface area contributed by atoms with Gasteiger partial charge in [-0.3, -0.25) is 9.58 Å². The standard InChI is InChI=1S/C19H23ClFN3O2/c1-11-10-23-17(12(2)24(11)18(25)26-19(3,4)5)9-16(22-23)14-7-6-13(20)8-15(14)21/h6-9,11-12H,10H2,1-5H3/t11-,12+/m0/s1. The Kier molecular flexibility index (Phi) is 4.73. The third-order valence-corrected chi connectivity index (χ3v) is 4.61. The van der Waals surface area contributed by atoms with Gasteiger partial charge in [0.05, 0.1) is 30.0 Å². The molecule has 0 bridgehead atoms. The van der Waals surface area contributed by atoms with E-state index < -0.39 is 11.4 Å². The number of carbonyl (C=O) groups is 1. The zero-order valence-electron chi connectivity index (χ0n) is 15.6. The molecule has 1 amide bonds. The van der Waals surface area contributed by atoms with Crippen LogP contribution in [0, 0.1) is 5.82 Å². The average molecular weight is 380 g/mol. The number of amides is 1. The number of hydrogen-bond donors (Lipinski definition) is 0. The van der Waals surface area contributed by atoms with Gasteiger partial charge in [0.25, 0.3) is 0 Å². The molecular formula is C19H23ClFN3O2. The predicted octanol–water partition coefficient (Wildman–Crippen LogP) is 5.04. The van der Waals surface area contributed by atoms with E-state index in [-0.39, 0.29) is 18.2 Å². The summed E-state index contributed by atoms with van der Waals surface area (Å²) >= 11 is 5.83. The van der Waals surface area contributed by atoms with Gasteiger partial charge in [-0.25, -0.2) is 9.18 Å². The van der Waals surface area contributed by atoms with Gasteiger partial charge in [0.15, 0.2) is 0 Å². The third kappa shape index (κ3) is 3.56. The summed E-state index contributed by atoms with van der Waals surface area (Å²) in [7, 11) is 0. The highest BCUT2D eigenvalue weighted by Crippen LogP contribution is 2.34. The average Bonchev–Trinajstić information content (AvgIpc) is 2.89. The molecule has 5 nitrogen and oxygen atoms in total. The molecule has 0 fully saturated rings. The molecule has 7 heteroatoms. The zero-order valence-corrected chi connectivity index (χ0v) is 16.3. The fourth-order valence-corrected chi connectivity index (χ4v) is 3.42. The number of benzene rings is 1. The van der Waals surface area contributed by atoms with Crippen LogP contribution in [0.3, 0.4) is 0 Å². The summed E-state index contributed by atoms with van der Waals surface area (Å²) in [5, 5.41) is 4.88. The third-order valence-electron chi connectivity index (χ3n) is 4.38. The summed E-state index contributed by atoms with van der Waals surface area (Å²) in [4.78, 5) is 14.3. The topological polar surface area (TPSA) is 47.4 Å². The van der Waals surface area contributed by atoms with Crippen molar-refractivity contribution in [2.45, 2.75) is 58.8 Å². The summed E-state index contributed by atoms with van der Waals surface area (Å²) in [5.74, 6) is -0.419. The summed E-state index contributed by atoms with van der Waals surface area (Å²) in [6, 6.07) is 6.03. The van der Waals surface area contributed by atoms with Gasteiger partial charge < -0.3 is 4.74 Å². The Labute approximate surface area is 157 Å². The van der Waals surface area contributed by atoms with Crippen molar-refractivity contribution in [1.29, 1.82) is 0 Å². The summed E-state index contributed by atoms with van der Waals surface area (Å²) in [6.45, 7) is 9.93. The van der Waals surface area contributed by atoms with Gasteiger partial charge in [-0.2, -0.15) is 5.10 Å². The molecule has 0 aliphatic carbocycles. The lowest BCUT2D eigenvalue weighted by Gasteiger charge is -2.39. The van der Waals surface area contributed by atoms with Crippen molar-refractivity contribution in [2.75, 3.05) is 0 Å². The van der Waals surface area contributed by atoms with Gasteiger partial charge in [-0.1, -0.05) is 11.6 Å². The van der Waals surface area contributed by atoms with Crippen LogP contribution in [0.2, 0.25) is 5.02 Å². The fraction of sp³-hybridized carbons (Fsp3) is 0.474. The second-order valence-electron chi connectivity index (χ2n) is 7.67. The minimum atomic E-state index is -0.564. The van der Waals surface area contributed by atoms with Crippen molar-refractivity contribution >= 4 is 17.7 Å². The van der Waals surface area contributed by atoms with Crippen LogP contribution < -0.4 is 0 Å². The number of fused-ring (bicyclic) bond motifs is 1. The molecular weight excluding hydrogens is 357 g/mol. The van der Waals surface area contributed by atoms with E-state index in [0.29, 0.717) is 22.8 Å². The Hall–Kier alpha value is -2.08. The number of rotatable bonds is 1. The molecule has 0 saturated heterocycles. The second-order valence-corrected chi connectivity index (χ2v) is 8.11. The summed E-state index contributed by atoms with van der Waals surface area (Å²) in [6.07, 6.45) is -0.357. The van der Waals surface area contributed by atoms with E-state index >= 15 is 0 Å². The molecule has 2 heterocycles. The smallest absolute Gasteiger partial charge is 0.411 e. The van der Waals surface area contributed by atoms with Crippen LogP contribution in [0.5, 0.6) is 0 Å². The maximum atomic E-state index is 14.2. The number of halogens is 2. The van der Waals surface area contributed by atoms with Gasteiger partial charge in [-0.15, -0.1) is 0 Å². The van der Waals surface area contributed by atoms with E-state index in [1.54, 1.807) is 17.0 Å². The minimum absolute atomic E-state index is 0.0878. The first-order valence-corrected chi connectivity index (χ1v) is 8.99. The Morgan fingerprint density at radius 1 is 1.31 bits per heavy atom. The van der Waals surface area contributed by atoms with Crippen LogP contribution in [0.15, 0.2) is 24.3 Å². The highest BCUT2D eigenvalue weighted by atomic mass is 35.5. The van der Waals surface area contributed by atoms with Crippen molar-refractivity contribution in [2.24, 2.45) is 0 Å². The van der Waals surface area contributed by atoms with Crippen LogP contribution in [0.4, 0.5) is 9.18 Å². The second kappa shape index (κ2) is 6.58. The van der Waals surface area contributed by atoms with E-state index in [1.165, 1.54) is 6.07 Å². The molecule has 140 valence electrons. The van der Waals surface area contributed by atoms with E-state index in [1.807, 2.05) is 45.4 Å². The molecule has 2 aromatic rings. The summed E-state index contributed by atoms with van der Waals surface area (Å²) in [5.41, 5.74) is 1.20. The molecule has 0 saturated carbocycles. The Bertz CT molecular complexity index is 844. The summed E-state index contributed by atoms with van der Waals surface area (Å²) < 4.78 is 21.6. The highest BCUT2D eigenvalue weighted by Gasteiger charge is 2.36. The van der Waals surface area contributed by atoms with E-state index in [2.05, 4.69) is 5.10 Å². The van der Waals surface area contributed by atoms with Crippen molar-refractivity contribution in [1.82, 2.24) is 14.7 Å². The van der Waals surface area contributed by atoms with Gasteiger partial charge in [0, 0.05) is 10.6 Å². The lowest BCUT2D eigenvalue weighted by atomic mass is 10.1. The molecule has 1 aromatic heterocycles. The number of ether oxygens (including phenoxy) is 1. The molecule has 26 heavy (non-hydrogen) atoms. The monoisotopic (exact) mass is 379 g/mol. The molecule has 2 atom stereocenters. The molecule has 1 aliphatic heterocycles. The molecule has 3 rings (SSSR count). The lowest BCUT2D eigenvalue weighted by molar-refractivity contribution is -0.000298. The Morgan fingerprint density at radius 2 is 2.00 bits per heavy atom. The van der Waals surface area contributed by atoms with Crippen LogP contribution in [0.1, 0.15) is 46.4 Å². The SMILES string of the molecule is C[C@@H]1c2cc(-c3ccc(Cl)cc3F)nn2C[C@H](C)N1C(=O)OC(C)(C)C. The van der Waals surface area contributed by atoms with Gasteiger partial charge in [-0.05, 0) is 58.9 Å². The quantitative estimate of drug-likeness (QED) is 0.697. The minimum Gasteiger partial charge on any atom is -0.444 e. The van der Waals surface area contributed by atoms with E-state index in [9.17, 15) is 9.18 Å². The van der Waals surface area contributed by atoms with Crippen molar-refractivity contribution in [3.63, 3.8) is 0 Å². The molecule has 1 aliphatic rings.